The molecule has 186 valence electrons. The molecule has 0 radical (unpaired) electrons. The lowest BCUT2D eigenvalue weighted by molar-refractivity contribution is -0.160. The SMILES string of the molecule is O=C(NC1CS(=O)(=O)C1)c1ccc(C2=CSC(c3cc(Cl)cc(Cl)c3)(C(F)(F)F)C2)c2c1CCC2. The van der Waals surface area contributed by atoms with Crippen molar-refractivity contribution in [2.24, 2.45) is 0 Å². The highest BCUT2D eigenvalue weighted by molar-refractivity contribution is 8.03. The van der Waals surface area contributed by atoms with Crippen LogP contribution in [0.1, 0.15) is 45.5 Å². The van der Waals surface area contributed by atoms with Crippen molar-refractivity contribution in [3.63, 3.8) is 0 Å². The van der Waals surface area contributed by atoms with Crippen molar-refractivity contribution < 1.29 is 26.4 Å². The summed E-state index contributed by atoms with van der Waals surface area (Å²) in [6.45, 7) is 0. The summed E-state index contributed by atoms with van der Waals surface area (Å²) >= 11 is 12.8. The lowest BCUT2D eigenvalue weighted by Crippen LogP contribution is -2.53. The molecular formula is C24H20Cl2F3NO3S2. The van der Waals surface area contributed by atoms with Crippen LogP contribution in [0.2, 0.25) is 10.0 Å². The van der Waals surface area contributed by atoms with Gasteiger partial charge in [-0.05, 0) is 76.8 Å². The average molecular weight is 562 g/mol. The van der Waals surface area contributed by atoms with E-state index in [0.717, 1.165) is 17.5 Å². The Morgan fingerprint density at radius 1 is 1.06 bits per heavy atom. The number of alkyl halides is 3. The molecule has 0 saturated carbocycles. The van der Waals surface area contributed by atoms with Crippen LogP contribution < -0.4 is 5.32 Å². The molecule has 2 aliphatic heterocycles. The van der Waals surface area contributed by atoms with Gasteiger partial charge in [-0.3, -0.25) is 4.79 Å². The molecule has 1 atom stereocenters. The summed E-state index contributed by atoms with van der Waals surface area (Å²) in [4.78, 5) is 12.8. The fourth-order valence-corrected chi connectivity index (χ4v) is 8.10. The molecule has 2 heterocycles. The number of thioether (sulfide) groups is 1. The molecule has 1 amide bonds. The van der Waals surface area contributed by atoms with Crippen molar-refractivity contribution in [3.05, 3.63) is 73.6 Å². The zero-order chi connectivity index (χ0) is 25.2. The molecule has 1 fully saturated rings. The molecule has 3 aliphatic rings. The zero-order valence-corrected chi connectivity index (χ0v) is 21.4. The third-order valence-electron chi connectivity index (χ3n) is 6.75. The van der Waals surface area contributed by atoms with Gasteiger partial charge in [-0.2, -0.15) is 13.2 Å². The number of carbonyl (C=O) groups excluding carboxylic acids is 1. The Kier molecular flexibility index (Phi) is 6.22. The van der Waals surface area contributed by atoms with E-state index in [0.29, 0.717) is 41.3 Å². The molecule has 5 rings (SSSR count). The van der Waals surface area contributed by atoms with Gasteiger partial charge in [0.1, 0.15) is 4.75 Å². The van der Waals surface area contributed by atoms with Crippen LogP contribution in [0.5, 0.6) is 0 Å². The second kappa shape index (κ2) is 8.71. The first-order valence-corrected chi connectivity index (χ1v) is 14.4. The predicted molar refractivity (Wildman–Crippen MR) is 133 cm³/mol. The van der Waals surface area contributed by atoms with Gasteiger partial charge < -0.3 is 5.32 Å². The van der Waals surface area contributed by atoms with Gasteiger partial charge in [0.05, 0.1) is 17.5 Å². The Balaban J connectivity index is 1.46. The first-order chi connectivity index (χ1) is 16.4. The van der Waals surface area contributed by atoms with E-state index >= 15 is 0 Å². The molecule has 1 saturated heterocycles. The van der Waals surface area contributed by atoms with Crippen molar-refractivity contribution in [2.75, 3.05) is 11.5 Å². The number of carbonyl (C=O) groups is 1. The van der Waals surface area contributed by atoms with Gasteiger partial charge in [-0.1, -0.05) is 29.3 Å². The normalized spacial score (nSPS) is 23.5. The van der Waals surface area contributed by atoms with Gasteiger partial charge in [-0.15, -0.1) is 11.8 Å². The topological polar surface area (TPSA) is 63.2 Å². The van der Waals surface area contributed by atoms with Crippen molar-refractivity contribution in [3.8, 4) is 0 Å². The van der Waals surface area contributed by atoms with E-state index in [4.69, 9.17) is 23.2 Å². The standard InChI is InChI=1S/C24H20Cl2F3NO3S2/c25-15-6-14(7-16(26)8-15)23(24(27,28)29)9-13(10-34-23)18-4-5-21(20-3-1-2-19(18)20)22(31)30-17-11-35(32,33)12-17/h4-8,10,17H,1-3,9,11-12H2,(H,30,31). The lowest BCUT2D eigenvalue weighted by Gasteiger charge is -2.32. The minimum atomic E-state index is -4.56. The molecule has 0 spiro atoms. The highest BCUT2D eigenvalue weighted by Crippen LogP contribution is 2.60. The van der Waals surface area contributed by atoms with Crippen LogP contribution in [0.25, 0.3) is 5.57 Å². The number of sulfone groups is 1. The Bertz CT molecular complexity index is 1340. The zero-order valence-electron chi connectivity index (χ0n) is 18.2. The highest BCUT2D eigenvalue weighted by Gasteiger charge is 2.58. The third kappa shape index (κ3) is 4.49. The van der Waals surface area contributed by atoms with Crippen LogP contribution in [0, 0.1) is 0 Å². The maximum absolute atomic E-state index is 14.5. The van der Waals surface area contributed by atoms with E-state index in [1.165, 1.54) is 18.2 Å². The van der Waals surface area contributed by atoms with E-state index < -0.39 is 26.8 Å². The van der Waals surface area contributed by atoms with E-state index in [1.54, 1.807) is 17.5 Å². The van der Waals surface area contributed by atoms with Crippen molar-refractivity contribution >= 4 is 56.3 Å². The molecule has 11 heteroatoms. The molecule has 4 nitrogen and oxygen atoms in total. The van der Waals surface area contributed by atoms with Crippen LogP contribution in [0.15, 0.2) is 35.7 Å². The third-order valence-corrected chi connectivity index (χ3v) is 10.4. The average Bonchev–Trinajstić information content (AvgIpc) is 3.39. The quantitative estimate of drug-likeness (QED) is 0.501. The van der Waals surface area contributed by atoms with Crippen molar-refractivity contribution in [1.82, 2.24) is 5.32 Å². The van der Waals surface area contributed by atoms with Crippen LogP contribution in [-0.2, 0) is 27.4 Å². The number of hydrogen-bond donors (Lipinski definition) is 1. The second-order valence-corrected chi connectivity index (χ2v) is 13.3. The molecule has 35 heavy (non-hydrogen) atoms. The maximum Gasteiger partial charge on any atom is 0.407 e. The van der Waals surface area contributed by atoms with Gasteiger partial charge in [0.2, 0.25) is 0 Å². The molecule has 0 aromatic heterocycles. The number of nitrogens with one attached hydrogen (secondary N) is 1. The van der Waals surface area contributed by atoms with E-state index in [9.17, 15) is 26.4 Å². The Labute approximate surface area is 215 Å². The summed E-state index contributed by atoms with van der Waals surface area (Å²) < 4.78 is 64.0. The monoisotopic (exact) mass is 561 g/mol. The molecule has 2 aromatic carbocycles. The molecular weight excluding hydrogens is 542 g/mol. The fraction of sp³-hybridized carbons (Fsp3) is 0.375. The largest absolute Gasteiger partial charge is 0.407 e. The second-order valence-electron chi connectivity index (χ2n) is 9.14. The van der Waals surface area contributed by atoms with Crippen LogP contribution in [0.4, 0.5) is 13.2 Å². The molecule has 0 bridgehead atoms. The minimum Gasteiger partial charge on any atom is -0.347 e. The van der Waals surface area contributed by atoms with E-state index in [1.807, 2.05) is 0 Å². The number of fused-ring (bicyclic) bond motifs is 1. The first-order valence-electron chi connectivity index (χ1n) is 11.0. The van der Waals surface area contributed by atoms with Crippen molar-refractivity contribution in [2.45, 2.75) is 42.6 Å². The predicted octanol–water partition coefficient (Wildman–Crippen LogP) is 5.94. The Morgan fingerprint density at radius 2 is 1.71 bits per heavy atom. The van der Waals surface area contributed by atoms with Crippen molar-refractivity contribution in [1.29, 1.82) is 0 Å². The molecule has 1 N–H and O–H groups in total. The van der Waals surface area contributed by atoms with Gasteiger partial charge in [-0.25, -0.2) is 8.42 Å². The number of amides is 1. The van der Waals surface area contributed by atoms with Crippen LogP contribution >= 0.6 is 35.0 Å². The summed E-state index contributed by atoms with van der Waals surface area (Å²) in [6.07, 6.45) is -2.75. The van der Waals surface area contributed by atoms with Gasteiger partial charge >= 0.3 is 6.18 Å². The van der Waals surface area contributed by atoms with Crippen LogP contribution in [-0.4, -0.2) is 38.0 Å². The van der Waals surface area contributed by atoms with Gasteiger partial charge in [0, 0.05) is 22.0 Å². The summed E-state index contributed by atoms with van der Waals surface area (Å²) in [5.74, 6) is -0.491. The number of rotatable bonds is 4. The Hall–Kier alpha value is -1.68. The van der Waals surface area contributed by atoms with Gasteiger partial charge in [0.15, 0.2) is 9.84 Å². The molecule has 2 aromatic rings. The summed E-state index contributed by atoms with van der Waals surface area (Å²) in [7, 11) is -3.07. The summed E-state index contributed by atoms with van der Waals surface area (Å²) in [5, 5.41) is 4.59. The Morgan fingerprint density at radius 3 is 2.34 bits per heavy atom. The highest BCUT2D eigenvalue weighted by atomic mass is 35.5. The maximum atomic E-state index is 14.5. The molecule has 1 aliphatic carbocycles. The van der Waals surface area contributed by atoms with E-state index in [2.05, 4.69) is 5.32 Å². The minimum absolute atomic E-state index is 0.00171. The lowest BCUT2D eigenvalue weighted by atomic mass is 9.85. The van der Waals surface area contributed by atoms with E-state index in [-0.39, 0.29) is 39.4 Å². The number of allylic oxidation sites excluding steroid dienone is 1. The molecule has 1 unspecified atom stereocenters. The smallest absolute Gasteiger partial charge is 0.347 e. The fourth-order valence-electron chi connectivity index (χ4n) is 5.10. The first kappa shape index (κ1) is 25.0. The van der Waals surface area contributed by atoms with Gasteiger partial charge in [0.25, 0.3) is 5.91 Å². The number of hydrogen-bond acceptors (Lipinski definition) is 4. The number of halogens is 5. The summed E-state index contributed by atoms with van der Waals surface area (Å²) in [5.41, 5.74) is 3.43. The van der Waals surface area contributed by atoms with Crippen LogP contribution in [0.3, 0.4) is 0 Å². The number of benzene rings is 2. The summed E-state index contributed by atoms with van der Waals surface area (Å²) in [6, 6.07) is 6.96.